The Morgan fingerprint density at radius 2 is 2.04 bits per heavy atom. The Labute approximate surface area is 144 Å². The van der Waals surface area contributed by atoms with E-state index in [2.05, 4.69) is 0 Å². The highest BCUT2D eigenvalue weighted by Gasteiger charge is 2.37. The second kappa shape index (κ2) is 5.70. The average molecular weight is 339 g/mol. The summed E-state index contributed by atoms with van der Waals surface area (Å²) in [5.74, 6) is 0.231. The van der Waals surface area contributed by atoms with Crippen LogP contribution in [0.4, 0.5) is 4.39 Å². The molecule has 5 heteroatoms. The summed E-state index contributed by atoms with van der Waals surface area (Å²) in [6.45, 7) is 0.535. The molecule has 4 nitrogen and oxygen atoms in total. The van der Waals surface area contributed by atoms with Crippen molar-refractivity contribution < 1.29 is 14.2 Å². The zero-order chi connectivity index (χ0) is 17.6. The van der Waals surface area contributed by atoms with Gasteiger partial charge in [-0.25, -0.2) is 4.39 Å². The molecule has 0 bridgehead atoms. The molecule has 1 unspecified atom stereocenters. The maximum atomic E-state index is 13.7. The summed E-state index contributed by atoms with van der Waals surface area (Å²) >= 11 is 0. The van der Waals surface area contributed by atoms with Gasteiger partial charge in [0.05, 0.1) is 12.8 Å². The van der Waals surface area contributed by atoms with Crippen LogP contribution in [0.25, 0.3) is 10.8 Å². The van der Waals surface area contributed by atoms with E-state index in [1.54, 1.807) is 42.0 Å². The first-order valence-electron chi connectivity index (χ1n) is 8.23. The molecule has 1 aliphatic rings. The van der Waals surface area contributed by atoms with Gasteiger partial charge in [-0.15, -0.1) is 0 Å². The van der Waals surface area contributed by atoms with Gasteiger partial charge in [0.15, 0.2) is 0 Å². The number of halogens is 1. The molecule has 128 valence electrons. The normalized spacial score (nSPS) is 19.6. The number of methoxy groups -OCH3 is 1. The molecule has 0 amide bonds. The number of hydrogen-bond donors (Lipinski definition) is 1. The third-order valence-corrected chi connectivity index (χ3v) is 4.96. The molecular weight excluding hydrogens is 321 g/mol. The van der Waals surface area contributed by atoms with E-state index in [-0.39, 0.29) is 5.56 Å². The molecule has 4 rings (SSSR count). The van der Waals surface area contributed by atoms with E-state index >= 15 is 0 Å². The van der Waals surface area contributed by atoms with E-state index in [1.807, 2.05) is 6.07 Å². The van der Waals surface area contributed by atoms with Crippen LogP contribution < -0.4 is 10.3 Å². The maximum Gasteiger partial charge on any atom is 0.258 e. The summed E-state index contributed by atoms with van der Waals surface area (Å²) in [6.07, 6.45) is 1.08. The second-order valence-corrected chi connectivity index (χ2v) is 6.41. The van der Waals surface area contributed by atoms with E-state index in [4.69, 9.17) is 4.74 Å². The largest absolute Gasteiger partial charge is 0.497 e. The number of aliphatic hydroxyl groups is 1. The fourth-order valence-electron chi connectivity index (χ4n) is 3.69. The van der Waals surface area contributed by atoms with Gasteiger partial charge in [0.1, 0.15) is 17.2 Å². The number of nitrogens with zero attached hydrogens (tertiary/aromatic N) is 1. The molecular formula is C20H18FNO3. The third-order valence-electron chi connectivity index (χ3n) is 4.96. The van der Waals surface area contributed by atoms with Crippen molar-refractivity contribution >= 4 is 10.8 Å². The van der Waals surface area contributed by atoms with Crippen LogP contribution in [0.2, 0.25) is 0 Å². The number of fused-ring (bicyclic) bond motifs is 2. The van der Waals surface area contributed by atoms with Crippen LogP contribution in [0, 0.1) is 5.82 Å². The number of hydrogen-bond acceptors (Lipinski definition) is 3. The fourth-order valence-corrected chi connectivity index (χ4v) is 3.69. The molecule has 0 radical (unpaired) electrons. The van der Waals surface area contributed by atoms with Crippen molar-refractivity contribution in [1.29, 1.82) is 0 Å². The molecule has 3 aromatic rings. The van der Waals surface area contributed by atoms with Crippen LogP contribution in [0.1, 0.15) is 24.1 Å². The van der Waals surface area contributed by atoms with Crippen LogP contribution in [-0.4, -0.2) is 16.8 Å². The van der Waals surface area contributed by atoms with Gasteiger partial charge in [-0.2, -0.15) is 0 Å². The highest BCUT2D eigenvalue weighted by Crippen LogP contribution is 2.38. The molecule has 1 aliphatic heterocycles. The summed E-state index contributed by atoms with van der Waals surface area (Å²) in [4.78, 5) is 12.9. The van der Waals surface area contributed by atoms with Crippen LogP contribution in [-0.2, 0) is 12.1 Å². The van der Waals surface area contributed by atoms with Gasteiger partial charge in [0, 0.05) is 11.9 Å². The predicted molar refractivity (Wildman–Crippen MR) is 93.4 cm³/mol. The van der Waals surface area contributed by atoms with E-state index in [0.29, 0.717) is 47.2 Å². The van der Waals surface area contributed by atoms with Crippen molar-refractivity contribution in [2.45, 2.75) is 25.0 Å². The van der Waals surface area contributed by atoms with Crippen molar-refractivity contribution in [1.82, 2.24) is 4.57 Å². The van der Waals surface area contributed by atoms with Gasteiger partial charge < -0.3 is 14.4 Å². The molecule has 1 atom stereocenters. The van der Waals surface area contributed by atoms with E-state index in [0.717, 1.165) is 0 Å². The molecule has 1 aromatic heterocycles. The molecule has 25 heavy (non-hydrogen) atoms. The predicted octanol–water partition coefficient (Wildman–Crippen LogP) is 3.18. The number of rotatable bonds is 2. The minimum absolute atomic E-state index is 0.148. The lowest BCUT2D eigenvalue weighted by Crippen LogP contribution is -2.40. The van der Waals surface area contributed by atoms with Gasteiger partial charge >= 0.3 is 0 Å². The summed E-state index contributed by atoms with van der Waals surface area (Å²) in [5.41, 5.74) is -0.584. The molecule has 0 spiro atoms. The van der Waals surface area contributed by atoms with E-state index < -0.39 is 11.4 Å². The third kappa shape index (κ3) is 2.43. The zero-order valence-electron chi connectivity index (χ0n) is 13.8. The highest BCUT2D eigenvalue weighted by molar-refractivity contribution is 5.83. The Balaban J connectivity index is 2.01. The molecule has 0 aliphatic carbocycles. The lowest BCUT2D eigenvalue weighted by atomic mass is 9.82. The number of benzene rings is 2. The smallest absolute Gasteiger partial charge is 0.258 e. The van der Waals surface area contributed by atoms with Crippen molar-refractivity contribution in [3.63, 3.8) is 0 Å². The van der Waals surface area contributed by atoms with Crippen molar-refractivity contribution in [2.24, 2.45) is 0 Å². The van der Waals surface area contributed by atoms with Gasteiger partial charge in [0.2, 0.25) is 0 Å². The zero-order valence-corrected chi connectivity index (χ0v) is 13.8. The second-order valence-electron chi connectivity index (χ2n) is 6.41. The summed E-state index contributed by atoms with van der Waals surface area (Å²) < 4.78 is 20.5. The molecule has 0 fully saturated rings. The Bertz CT molecular complexity index is 1030. The van der Waals surface area contributed by atoms with Gasteiger partial charge in [-0.05, 0) is 60.2 Å². The van der Waals surface area contributed by atoms with E-state index in [1.165, 1.54) is 12.1 Å². The number of pyridine rings is 1. The van der Waals surface area contributed by atoms with Crippen LogP contribution in [0.3, 0.4) is 0 Å². The Hall–Kier alpha value is -2.66. The SMILES string of the molecule is COc1ccc2c(=O)n3c(cc2c1)C(O)(c1cccc(F)c1)CCC3. The highest BCUT2D eigenvalue weighted by atomic mass is 19.1. The molecule has 2 aromatic carbocycles. The Morgan fingerprint density at radius 3 is 2.80 bits per heavy atom. The number of ether oxygens (including phenoxy) is 1. The first-order chi connectivity index (χ1) is 12.0. The molecule has 0 saturated carbocycles. The van der Waals surface area contributed by atoms with Gasteiger partial charge in [-0.1, -0.05) is 12.1 Å². The minimum Gasteiger partial charge on any atom is -0.497 e. The first-order valence-corrected chi connectivity index (χ1v) is 8.23. The van der Waals surface area contributed by atoms with E-state index in [9.17, 15) is 14.3 Å². The quantitative estimate of drug-likeness (QED) is 0.780. The van der Waals surface area contributed by atoms with Crippen LogP contribution in [0.15, 0.2) is 53.3 Å². The molecule has 2 heterocycles. The van der Waals surface area contributed by atoms with Crippen LogP contribution >= 0.6 is 0 Å². The van der Waals surface area contributed by atoms with Crippen molar-refractivity contribution in [2.75, 3.05) is 7.11 Å². The molecule has 1 N–H and O–H groups in total. The first kappa shape index (κ1) is 15.8. The fraction of sp³-hybridized carbons (Fsp3) is 0.250. The lowest BCUT2D eigenvalue weighted by molar-refractivity contribution is 0.0451. The number of aromatic nitrogens is 1. The summed E-state index contributed by atoms with van der Waals surface area (Å²) in [7, 11) is 1.56. The minimum atomic E-state index is -1.39. The average Bonchev–Trinajstić information content (AvgIpc) is 2.62. The Kier molecular flexibility index (Phi) is 3.62. The topological polar surface area (TPSA) is 51.5 Å². The maximum absolute atomic E-state index is 13.7. The van der Waals surface area contributed by atoms with Gasteiger partial charge in [-0.3, -0.25) is 4.79 Å². The summed E-state index contributed by atoms with van der Waals surface area (Å²) in [5, 5.41) is 12.7. The standard InChI is InChI=1S/C20H18FNO3/c1-25-16-6-7-17-13(10-16)11-18-20(24,8-3-9-22(18)19(17)23)14-4-2-5-15(21)12-14/h2,4-7,10-12,24H,3,8-9H2,1H3. The monoisotopic (exact) mass is 339 g/mol. The van der Waals surface area contributed by atoms with Gasteiger partial charge in [0.25, 0.3) is 5.56 Å². The van der Waals surface area contributed by atoms with Crippen molar-refractivity contribution in [3.05, 3.63) is 76.0 Å². The Morgan fingerprint density at radius 1 is 1.20 bits per heavy atom. The molecule has 0 saturated heterocycles. The lowest BCUT2D eigenvalue weighted by Gasteiger charge is -2.36. The summed E-state index contributed by atoms with van der Waals surface area (Å²) in [6, 6.07) is 13.0. The van der Waals surface area contributed by atoms with Crippen molar-refractivity contribution in [3.8, 4) is 5.75 Å². The van der Waals surface area contributed by atoms with Crippen LogP contribution in [0.5, 0.6) is 5.75 Å².